The number of nitrogens with zero attached hydrogens (tertiary/aromatic N) is 3. The summed E-state index contributed by atoms with van der Waals surface area (Å²) in [7, 11) is 0. The van der Waals surface area contributed by atoms with Gasteiger partial charge in [-0.15, -0.1) is 5.11 Å². The van der Waals surface area contributed by atoms with Gasteiger partial charge in [-0.1, -0.05) is 48.0 Å². The molecule has 0 aliphatic carbocycles. The first kappa shape index (κ1) is 15.8. The van der Waals surface area contributed by atoms with Gasteiger partial charge in [0.05, 0.1) is 16.2 Å². The number of nitro groups is 1. The number of nitro benzene ring substituents is 1. The van der Waals surface area contributed by atoms with Gasteiger partial charge >= 0.3 is 0 Å². The summed E-state index contributed by atoms with van der Waals surface area (Å²) in [5.41, 5.74) is 2.15. The highest BCUT2D eigenvalue weighted by Crippen LogP contribution is 2.39. The standard InChI is InChI=1S/C18H12ClN3O2/c19-14-11-9-13(10-12-14)18-16(7-4-8-17(18)22(23)24)21-20-15-5-2-1-3-6-15/h1-12H. The molecular weight excluding hydrogens is 326 g/mol. The van der Waals surface area contributed by atoms with Crippen molar-refractivity contribution in [3.05, 3.63) is 87.9 Å². The first-order valence-electron chi connectivity index (χ1n) is 7.15. The zero-order chi connectivity index (χ0) is 16.9. The second-order valence-electron chi connectivity index (χ2n) is 4.97. The van der Waals surface area contributed by atoms with Gasteiger partial charge in [0.2, 0.25) is 0 Å². The van der Waals surface area contributed by atoms with Crippen LogP contribution >= 0.6 is 11.6 Å². The fourth-order valence-electron chi connectivity index (χ4n) is 2.28. The topological polar surface area (TPSA) is 67.9 Å². The van der Waals surface area contributed by atoms with Crippen molar-refractivity contribution < 1.29 is 4.92 Å². The molecule has 0 saturated carbocycles. The minimum absolute atomic E-state index is 0.0261. The lowest BCUT2D eigenvalue weighted by molar-refractivity contribution is -0.384. The van der Waals surface area contributed by atoms with Crippen LogP contribution in [-0.2, 0) is 0 Å². The molecule has 24 heavy (non-hydrogen) atoms. The maximum absolute atomic E-state index is 11.4. The zero-order valence-corrected chi connectivity index (χ0v) is 13.2. The second-order valence-corrected chi connectivity index (χ2v) is 5.41. The van der Waals surface area contributed by atoms with Crippen LogP contribution in [0.3, 0.4) is 0 Å². The van der Waals surface area contributed by atoms with Gasteiger partial charge in [-0.2, -0.15) is 5.11 Å². The van der Waals surface area contributed by atoms with E-state index in [-0.39, 0.29) is 5.69 Å². The molecule has 0 unspecified atom stereocenters. The van der Waals surface area contributed by atoms with Crippen molar-refractivity contribution in [1.29, 1.82) is 0 Å². The molecule has 3 rings (SSSR count). The molecule has 0 bridgehead atoms. The third-order valence-corrected chi connectivity index (χ3v) is 3.63. The predicted molar refractivity (Wildman–Crippen MR) is 94.2 cm³/mol. The molecule has 0 fully saturated rings. The van der Waals surface area contributed by atoms with E-state index in [9.17, 15) is 10.1 Å². The zero-order valence-electron chi connectivity index (χ0n) is 12.5. The van der Waals surface area contributed by atoms with E-state index in [1.807, 2.05) is 30.3 Å². The molecule has 6 heteroatoms. The number of rotatable bonds is 4. The van der Waals surface area contributed by atoms with Crippen LogP contribution in [0, 0.1) is 10.1 Å². The molecule has 0 heterocycles. The van der Waals surface area contributed by atoms with Gasteiger partial charge in [0.1, 0.15) is 5.69 Å². The van der Waals surface area contributed by atoms with E-state index >= 15 is 0 Å². The second kappa shape index (κ2) is 7.02. The van der Waals surface area contributed by atoms with Gasteiger partial charge in [-0.3, -0.25) is 10.1 Å². The summed E-state index contributed by atoms with van der Waals surface area (Å²) < 4.78 is 0. The van der Waals surface area contributed by atoms with Crippen LogP contribution in [0.4, 0.5) is 17.1 Å². The summed E-state index contributed by atoms with van der Waals surface area (Å²) in [6, 6.07) is 20.8. The molecule has 0 radical (unpaired) electrons. The van der Waals surface area contributed by atoms with Crippen LogP contribution < -0.4 is 0 Å². The summed E-state index contributed by atoms with van der Waals surface area (Å²) in [6.07, 6.45) is 0. The van der Waals surface area contributed by atoms with Crippen molar-refractivity contribution in [3.8, 4) is 11.1 Å². The predicted octanol–water partition coefficient (Wildman–Crippen LogP) is 6.33. The molecule has 0 atom stereocenters. The Labute approximate surface area is 143 Å². The molecule has 0 spiro atoms. The lowest BCUT2D eigenvalue weighted by atomic mass is 10.0. The van der Waals surface area contributed by atoms with E-state index in [4.69, 9.17) is 11.6 Å². The molecule has 0 aromatic heterocycles. The van der Waals surface area contributed by atoms with Crippen molar-refractivity contribution >= 4 is 28.7 Å². The van der Waals surface area contributed by atoms with E-state index in [1.165, 1.54) is 6.07 Å². The third kappa shape index (κ3) is 3.47. The maximum Gasteiger partial charge on any atom is 0.279 e. The lowest BCUT2D eigenvalue weighted by Gasteiger charge is -2.06. The van der Waals surface area contributed by atoms with Gasteiger partial charge in [0, 0.05) is 11.1 Å². The average molecular weight is 338 g/mol. The van der Waals surface area contributed by atoms with Gasteiger partial charge in [-0.05, 0) is 35.9 Å². The van der Waals surface area contributed by atoms with E-state index in [1.54, 1.807) is 36.4 Å². The molecule has 3 aromatic carbocycles. The molecule has 0 aliphatic heterocycles. The molecule has 0 N–H and O–H groups in total. The molecule has 3 aromatic rings. The van der Waals surface area contributed by atoms with Gasteiger partial charge in [0.15, 0.2) is 0 Å². The molecule has 0 aliphatic rings. The number of azo groups is 1. The number of halogens is 1. The normalized spacial score (nSPS) is 10.9. The Morgan fingerprint density at radius 1 is 0.833 bits per heavy atom. The molecule has 0 amide bonds. The Morgan fingerprint density at radius 3 is 2.21 bits per heavy atom. The van der Waals surface area contributed by atoms with Crippen LogP contribution in [0.5, 0.6) is 0 Å². The van der Waals surface area contributed by atoms with E-state index in [2.05, 4.69) is 10.2 Å². The van der Waals surface area contributed by atoms with E-state index in [0.717, 1.165) is 0 Å². The highest BCUT2D eigenvalue weighted by atomic mass is 35.5. The lowest BCUT2D eigenvalue weighted by Crippen LogP contribution is -1.92. The highest BCUT2D eigenvalue weighted by Gasteiger charge is 2.19. The largest absolute Gasteiger partial charge is 0.279 e. The summed E-state index contributed by atoms with van der Waals surface area (Å²) in [5, 5.41) is 20.3. The quantitative estimate of drug-likeness (QED) is 0.317. The van der Waals surface area contributed by atoms with Crippen molar-refractivity contribution in [2.45, 2.75) is 0 Å². The monoisotopic (exact) mass is 337 g/mol. The van der Waals surface area contributed by atoms with Gasteiger partial charge < -0.3 is 0 Å². The van der Waals surface area contributed by atoms with Crippen LogP contribution in [0.15, 0.2) is 83.0 Å². The Bertz CT molecular complexity index is 894. The minimum Gasteiger partial charge on any atom is -0.258 e. The van der Waals surface area contributed by atoms with Crippen molar-refractivity contribution in [2.24, 2.45) is 10.2 Å². The van der Waals surface area contributed by atoms with E-state index < -0.39 is 4.92 Å². The van der Waals surface area contributed by atoms with Gasteiger partial charge in [0.25, 0.3) is 5.69 Å². The SMILES string of the molecule is O=[N+]([O-])c1cccc(N=Nc2ccccc2)c1-c1ccc(Cl)cc1. The first-order valence-corrected chi connectivity index (χ1v) is 7.53. The minimum atomic E-state index is -0.425. The Kier molecular flexibility index (Phi) is 4.63. The Morgan fingerprint density at radius 2 is 1.54 bits per heavy atom. The molecular formula is C18H12ClN3O2. The van der Waals surface area contributed by atoms with Gasteiger partial charge in [-0.25, -0.2) is 0 Å². The van der Waals surface area contributed by atoms with Crippen LogP contribution in [0.25, 0.3) is 11.1 Å². The number of benzene rings is 3. The Balaban J connectivity index is 2.12. The number of hydrogen-bond donors (Lipinski definition) is 0. The summed E-state index contributed by atoms with van der Waals surface area (Å²) in [6.45, 7) is 0. The average Bonchev–Trinajstić information content (AvgIpc) is 2.61. The highest BCUT2D eigenvalue weighted by molar-refractivity contribution is 6.30. The van der Waals surface area contributed by atoms with Crippen molar-refractivity contribution in [3.63, 3.8) is 0 Å². The number of hydrogen-bond acceptors (Lipinski definition) is 4. The molecule has 118 valence electrons. The smallest absolute Gasteiger partial charge is 0.258 e. The van der Waals surface area contributed by atoms with Crippen LogP contribution in [-0.4, -0.2) is 4.92 Å². The van der Waals surface area contributed by atoms with Crippen molar-refractivity contribution in [2.75, 3.05) is 0 Å². The summed E-state index contributed by atoms with van der Waals surface area (Å²) in [4.78, 5) is 11.0. The Hall–Kier alpha value is -3.05. The maximum atomic E-state index is 11.4. The molecule has 0 saturated heterocycles. The van der Waals surface area contributed by atoms with Crippen LogP contribution in [0.2, 0.25) is 5.02 Å². The summed E-state index contributed by atoms with van der Waals surface area (Å²) in [5.74, 6) is 0. The third-order valence-electron chi connectivity index (χ3n) is 3.38. The molecule has 5 nitrogen and oxygen atoms in total. The fourth-order valence-corrected chi connectivity index (χ4v) is 2.41. The van der Waals surface area contributed by atoms with Crippen molar-refractivity contribution in [1.82, 2.24) is 0 Å². The van der Waals surface area contributed by atoms with E-state index in [0.29, 0.717) is 27.5 Å². The fraction of sp³-hybridized carbons (Fsp3) is 0. The summed E-state index contributed by atoms with van der Waals surface area (Å²) >= 11 is 5.91. The first-order chi connectivity index (χ1) is 11.6. The van der Waals surface area contributed by atoms with Crippen LogP contribution in [0.1, 0.15) is 0 Å².